The average molecular weight is 588 g/mol. The molecule has 6 aromatic rings. The fourth-order valence-electron chi connectivity index (χ4n) is 7.89. The van der Waals surface area contributed by atoms with Gasteiger partial charge in [0.25, 0.3) is 0 Å². The normalized spacial score (nSPS) is 15.5. The number of ether oxygens (including phenoxy) is 2. The first-order valence-electron chi connectivity index (χ1n) is 15.8. The fourth-order valence-corrected chi connectivity index (χ4v) is 7.89. The van der Waals surface area contributed by atoms with Crippen molar-refractivity contribution in [3.8, 4) is 33.8 Å². The van der Waals surface area contributed by atoms with Gasteiger partial charge in [0.05, 0.1) is 19.6 Å². The van der Waals surface area contributed by atoms with Gasteiger partial charge in [0, 0.05) is 16.8 Å². The van der Waals surface area contributed by atoms with E-state index in [1.807, 2.05) is 0 Å². The summed E-state index contributed by atoms with van der Waals surface area (Å²) in [5.74, 6) is 1.50. The van der Waals surface area contributed by atoms with Crippen molar-refractivity contribution in [3.63, 3.8) is 0 Å². The largest absolute Gasteiger partial charge is 0.493 e. The van der Waals surface area contributed by atoms with Crippen LogP contribution in [0.4, 0.5) is 11.4 Å². The number of nitrogens with one attached hydrogen (secondary N) is 1. The fraction of sp³-hybridized carbons (Fsp3) is 0.190. The quantitative estimate of drug-likeness (QED) is 0.217. The van der Waals surface area contributed by atoms with Crippen molar-refractivity contribution in [1.29, 1.82) is 0 Å². The summed E-state index contributed by atoms with van der Waals surface area (Å²) in [5.41, 5.74) is 17.1. The molecule has 0 fully saturated rings. The molecule has 0 bridgehead atoms. The van der Waals surface area contributed by atoms with E-state index in [-0.39, 0.29) is 0 Å². The van der Waals surface area contributed by atoms with Gasteiger partial charge < -0.3 is 14.8 Å². The van der Waals surface area contributed by atoms with Crippen LogP contribution in [0.25, 0.3) is 33.0 Å². The highest BCUT2D eigenvalue weighted by atomic mass is 16.5. The lowest BCUT2D eigenvalue weighted by molar-refractivity contribution is 0.354. The van der Waals surface area contributed by atoms with Crippen molar-refractivity contribution >= 4 is 22.1 Å². The van der Waals surface area contributed by atoms with Crippen LogP contribution >= 0.6 is 0 Å². The summed E-state index contributed by atoms with van der Waals surface area (Å²) in [5, 5.41) is 6.32. The van der Waals surface area contributed by atoms with Gasteiger partial charge in [-0.25, -0.2) is 0 Å². The zero-order valence-electron chi connectivity index (χ0n) is 26.8. The number of methoxy groups -OCH3 is 2. The van der Waals surface area contributed by atoms with Crippen LogP contribution in [0.1, 0.15) is 51.4 Å². The molecule has 0 aliphatic heterocycles. The van der Waals surface area contributed by atoms with Crippen LogP contribution in [-0.2, 0) is 11.8 Å². The molecule has 1 N–H and O–H groups in total. The Morgan fingerprint density at radius 1 is 0.556 bits per heavy atom. The summed E-state index contributed by atoms with van der Waals surface area (Å²) in [7, 11) is 3.45. The van der Waals surface area contributed by atoms with E-state index >= 15 is 0 Å². The van der Waals surface area contributed by atoms with Gasteiger partial charge in [0.1, 0.15) is 0 Å². The summed E-state index contributed by atoms with van der Waals surface area (Å²) >= 11 is 0. The van der Waals surface area contributed by atoms with Crippen molar-refractivity contribution in [1.82, 2.24) is 0 Å². The summed E-state index contributed by atoms with van der Waals surface area (Å²) < 4.78 is 11.8. The van der Waals surface area contributed by atoms with Gasteiger partial charge in [-0.1, -0.05) is 73.7 Å². The molecule has 0 saturated heterocycles. The third-order valence-corrected chi connectivity index (χ3v) is 10.3. The molecule has 222 valence electrons. The highest BCUT2D eigenvalue weighted by Gasteiger charge is 2.52. The standard InChI is InChI=1S/C42H37NO2/c1-7-27-14-16-30-34-22-40(44-5)41(45-6)23-38(34)42(36(30)20-27)35-19-26(4)25(3)18-33(35)31-17-15-28(21-37(31)42)43-39-13-9-11-29-24(2)10-8-12-32(29)39/h8-23,43H,7H2,1-6H3. The van der Waals surface area contributed by atoms with Gasteiger partial charge in [-0.3, -0.25) is 0 Å². The average Bonchev–Trinajstić information content (AvgIpc) is 3.49. The predicted octanol–water partition coefficient (Wildman–Crippen LogP) is 10.4. The van der Waals surface area contributed by atoms with E-state index in [4.69, 9.17) is 9.47 Å². The molecule has 2 aliphatic carbocycles. The predicted molar refractivity (Wildman–Crippen MR) is 187 cm³/mol. The zero-order chi connectivity index (χ0) is 31.0. The summed E-state index contributed by atoms with van der Waals surface area (Å²) in [6.07, 6.45) is 0.973. The molecule has 0 heterocycles. The first kappa shape index (κ1) is 27.5. The summed E-state index contributed by atoms with van der Waals surface area (Å²) in [6, 6.07) is 36.2. The van der Waals surface area contributed by atoms with Crippen LogP contribution in [0.15, 0.2) is 97.1 Å². The SMILES string of the molecule is CCc1ccc2c(c1)C1(c3cc(Nc4cccc5c(C)cccc45)ccc3-c3cc(C)c(C)cc31)c1cc(OC)c(OC)cc1-2. The molecule has 1 atom stereocenters. The molecule has 0 amide bonds. The van der Waals surface area contributed by atoms with Crippen molar-refractivity contribution in [2.45, 2.75) is 39.5 Å². The molecule has 3 heteroatoms. The monoisotopic (exact) mass is 587 g/mol. The maximum atomic E-state index is 5.94. The van der Waals surface area contributed by atoms with Crippen molar-refractivity contribution in [3.05, 3.63) is 142 Å². The Kier molecular flexibility index (Phi) is 6.12. The number of hydrogen-bond donors (Lipinski definition) is 1. The topological polar surface area (TPSA) is 30.5 Å². The van der Waals surface area contributed by atoms with E-state index in [1.54, 1.807) is 14.2 Å². The summed E-state index contributed by atoms with van der Waals surface area (Å²) in [6.45, 7) is 8.86. The molecule has 8 rings (SSSR count). The maximum absolute atomic E-state index is 5.94. The van der Waals surface area contributed by atoms with Crippen molar-refractivity contribution < 1.29 is 9.47 Å². The van der Waals surface area contributed by atoms with Gasteiger partial charge in [0.15, 0.2) is 11.5 Å². The number of aryl methyl sites for hydroxylation is 4. The number of benzene rings is 6. The molecule has 2 aliphatic rings. The second kappa shape index (κ2) is 10.0. The lowest BCUT2D eigenvalue weighted by Gasteiger charge is -2.32. The Balaban J connectivity index is 1.45. The molecule has 6 aromatic carbocycles. The Bertz CT molecular complexity index is 2190. The van der Waals surface area contributed by atoms with Crippen molar-refractivity contribution in [2.75, 3.05) is 19.5 Å². The first-order chi connectivity index (χ1) is 21.9. The zero-order valence-corrected chi connectivity index (χ0v) is 26.8. The number of anilines is 2. The van der Waals surface area contributed by atoms with Crippen LogP contribution in [0.2, 0.25) is 0 Å². The van der Waals surface area contributed by atoms with Gasteiger partial charge in [-0.05, 0) is 130 Å². The molecule has 45 heavy (non-hydrogen) atoms. The van der Waals surface area contributed by atoms with Gasteiger partial charge >= 0.3 is 0 Å². The number of hydrogen-bond acceptors (Lipinski definition) is 3. The van der Waals surface area contributed by atoms with E-state index < -0.39 is 5.41 Å². The third kappa shape index (κ3) is 3.77. The van der Waals surface area contributed by atoms with Crippen LogP contribution in [0.5, 0.6) is 11.5 Å². The Morgan fingerprint density at radius 3 is 1.96 bits per heavy atom. The molecule has 0 saturated carbocycles. The Labute approximate surface area is 265 Å². The van der Waals surface area contributed by atoms with Gasteiger partial charge in [-0.15, -0.1) is 0 Å². The number of rotatable bonds is 5. The van der Waals surface area contributed by atoms with Crippen molar-refractivity contribution in [2.24, 2.45) is 0 Å². The maximum Gasteiger partial charge on any atom is 0.161 e. The van der Waals surface area contributed by atoms with Crippen LogP contribution in [0.3, 0.4) is 0 Å². The van der Waals surface area contributed by atoms with Crippen LogP contribution in [-0.4, -0.2) is 14.2 Å². The first-order valence-corrected chi connectivity index (χ1v) is 15.8. The third-order valence-electron chi connectivity index (χ3n) is 10.3. The van der Waals surface area contributed by atoms with Gasteiger partial charge in [0.2, 0.25) is 0 Å². The second-order valence-electron chi connectivity index (χ2n) is 12.6. The Morgan fingerprint density at radius 2 is 1.18 bits per heavy atom. The Hall–Kier alpha value is -5.02. The lowest BCUT2D eigenvalue weighted by atomic mass is 9.70. The lowest BCUT2D eigenvalue weighted by Crippen LogP contribution is -2.26. The minimum absolute atomic E-state index is 0.494. The second-order valence-corrected chi connectivity index (χ2v) is 12.6. The van der Waals surface area contributed by atoms with E-state index in [9.17, 15) is 0 Å². The van der Waals surface area contributed by atoms with E-state index in [1.165, 1.54) is 77.5 Å². The minimum Gasteiger partial charge on any atom is -0.493 e. The van der Waals surface area contributed by atoms with E-state index in [0.717, 1.165) is 29.3 Å². The molecular formula is C42H37NO2. The molecule has 3 nitrogen and oxygen atoms in total. The molecule has 1 spiro atoms. The molecular weight excluding hydrogens is 550 g/mol. The minimum atomic E-state index is -0.494. The number of fused-ring (bicyclic) bond motifs is 11. The van der Waals surface area contributed by atoms with Crippen LogP contribution in [0, 0.1) is 20.8 Å². The van der Waals surface area contributed by atoms with E-state index in [0.29, 0.717) is 0 Å². The smallest absolute Gasteiger partial charge is 0.161 e. The van der Waals surface area contributed by atoms with Gasteiger partial charge in [-0.2, -0.15) is 0 Å². The van der Waals surface area contributed by atoms with Crippen LogP contribution < -0.4 is 14.8 Å². The van der Waals surface area contributed by atoms with E-state index in [2.05, 4.69) is 130 Å². The highest BCUT2D eigenvalue weighted by Crippen LogP contribution is 2.64. The summed E-state index contributed by atoms with van der Waals surface area (Å²) in [4.78, 5) is 0. The molecule has 0 radical (unpaired) electrons. The molecule has 1 unspecified atom stereocenters. The highest BCUT2D eigenvalue weighted by molar-refractivity contribution is 5.99. The molecule has 0 aromatic heterocycles.